The van der Waals surface area contributed by atoms with Crippen LogP contribution in [-0.2, 0) is 6.42 Å². The van der Waals surface area contributed by atoms with Gasteiger partial charge in [-0.25, -0.2) is 9.97 Å². The van der Waals surface area contributed by atoms with Gasteiger partial charge < -0.3 is 0 Å². The third-order valence-corrected chi connectivity index (χ3v) is 3.96. The molecule has 1 fully saturated rings. The standard InChI is InChI=1S/C14H20N6/c15-18-14(11-8-16-10-17-9-11)7-12-5-6-20(19-12)13-3-1-2-4-13/h5-6,8-10,13-14,18H,1-4,7,15H2. The molecular weight excluding hydrogens is 252 g/mol. The van der Waals surface area contributed by atoms with Crippen molar-refractivity contribution in [2.24, 2.45) is 5.84 Å². The number of hydrazine groups is 1. The number of nitrogens with two attached hydrogens (primary N) is 1. The van der Waals surface area contributed by atoms with E-state index in [-0.39, 0.29) is 6.04 Å². The molecular formula is C14H20N6. The van der Waals surface area contributed by atoms with E-state index < -0.39 is 0 Å². The van der Waals surface area contributed by atoms with Crippen LogP contribution in [0.25, 0.3) is 0 Å². The summed E-state index contributed by atoms with van der Waals surface area (Å²) < 4.78 is 2.11. The Hall–Kier alpha value is -1.79. The van der Waals surface area contributed by atoms with Gasteiger partial charge in [-0.05, 0) is 18.9 Å². The van der Waals surface area contributed by atoms with Gasteiger partial charge in [0, 0.05) is 30.6 Å². The Morgan fingerprint density at radius 1 is 1.30 bits per heavy atom. The van der Waals surface area contributed by atoms with Crippen molar-refractivity contribution in [2.75, 3.05) is 0 Å². The molecule has 20 heavy (non-hydrogen) atoms. The summed E-state index contributed by atoms with van der Waals surface area (Å²) in [5.41, 5.74) is 4.84. The molecule has 1 aliphatic rings. The highest BCUT2D eigenvalue weighted by Crippen LogP contribution is 2.29. The maximum absolute atomic E-state index is 5.64. The van der Waals surface area contributed by atoms with E-state index >= 15 is 0 Å². The van der Waals surface area contributed by atoms with Crippen LogP contribution in [0.1, 0.15) is 49.0 Å². The van der Waals surface area contributed by atoms with Gasteiger partial charge in [0.05, 0.1) is 17.8 Å². The molecule has 0 bridgehead atoms. The predicted octanol–water partition coefficient (Wildman–Crippen LogP) is 1.54. The van der Waals surface area contributed by atoms with E-state index in [0.717, 1.165) is 17.7 Å². The average molecular weight is 272 g/mol. The van der Waals surface area contributed by atoms with E-state index in [9.17, 15) is 0 Å². The minimum absolute atomic E-state index is 0.0110. The highest BCUT2D eigenvalue weighted by molar-refractivity contribution is 5.13. The number of nitrogens with zero attached hydrogens (tertiary/aromatic N) is 4. The molecule has 1 unspecified atom stereocenters. The van der Waals surface area contributed by atoms with E-state index in [0.29, 0.717) is 6.04 Å². The highest BCUT2D eigenvalue weighted by Gasteiger charge is 2.19. The molecule has 1 saturated carbocycles. The van der Waals surface area contributed by atoms with Gasteiger partial charge >= 0.3 is 0 Å². The van der Waals surface area contributed by atoms with Crippen molar-refractivity contribution in [3.8, 4) is 0 Å². The van der Waals surface area contributed by atoms with Gasteiger partial charge in [-0.3, -0.25) is 16.0 Å². The Morgan fingerprint density at radius 2 is 2.05 bits per heavy atom. The van der Waals surface area contributed by atoms with E-state index in [1.165, 1.54) is 32.0 Å². The Kier molecular flexibility index (Phi) is 4.03. The molecule has 3 N–H and O–H groups in total. The fourth-order valence-corrected chi connectivity index (χ4v) is 2.83. The van der Waals surface area contributed by atoms with Crippen LogP contribution in [0.2, 0.25) is 0 Å². The number of rotatable bonds is 5. The van der Waals surface area contributed by atoms with E-state index in [1.807, 2.05) is 0 Å². The van der Waals surface area contributed by atoms with Gasteiger partial charge in [0.25, 0.3) is 0 Å². The molecule has 3 rings (SSSR count). The van der Waals surface area contributed by atoms with Crippen LogP contribution in [0.5, 0.6) is 0 Å². The van der Waals surface area contributed by atoms with Gasteiger partial charge in [-0.1, -0.05) is 12.8 Å². The summed E-state index contributed by atoms with van der Waals surface area (Å²) in [6.45, 7) is 0. The van der Waals surface area contributed by atoms with Crippen molar-refractivity contribution in [1.82, 2.24) is 25.2 Å². The minimum atomic E-state index is -0.0110. The third kappa shape index (κ3) is 2.86. The fourth-order valence-electron chi connectivity index (χ4n) is 2.83. The molecule has 1 atom stereocenters. The number of hydrogen-bond acceptors (Lipinski definition) is 5. The second kappa shape index (κ2) is 6.11. The zero-order valence-corrected chi connectivity index (χ0v) is 11.4. The van der Waals surface area contributed by atoms with Crippen LogP contribution in [0.4, 0.5) is 0 Å². The smallest absolute Gasteiger partial charge is 0.115 e. The lowest BCUT2D eigenvalue weighted by molar-refractivity contribution is 0.457. The third-order valence-electron chi connectivity index (χ3n) is 3.96. The maximum atomic E-state index is 5.64. The second-order valence-electron chi connectivity index (χ2n) is 5.32. The van der Waals surface area contributed by atoms with Crippen LogP contribution >= 0.6 is 0 Å². The summed E-state index contributed by atoms with van der Waals surface area (Å²) in [5, 5.41) is 4.69. The molecule has 1 aliphatic carbocycles. The van der Waals surface area contributed by atoms with Crippen molar-refractivity contribution in [1.29, 1.82) is 0 Å². The van der Waals surface area contributed by atoms with Crippen LogP contribution in [0, 0.1) is 0 Å². The summed E-state index contributed by atoms with van der Waals surface area (Å²) >= 11 is 0. The largest absolute Gasteiger partial charge is 0.271 e. The molecule has 2 aromatic rings. The summed E-state index contributed by atoms with van der Waals surface area (Å²) in [5.74, 6) is 5.64. The Morgan fingerprint density at radius 3 is 2.75 bits per heavy atom. The first kappa shape index (κ1) is 13.2. The molecule has 6 nitrogen and oxygen atoms in total. The van der Waals surface area contributed by atoms with Crippen molar-refractivity contribution in [2.45, 2.75) is 44.2 Å². The zero-order chi connectivity index (χ0) is 13.8. The van der Waals surface area contributed by atoms with Crippen LogP contribution < -0.4 is 11.3 Å². The van der Waals surface area contributed by atoms with Crippen molar-refractivity contribution in [3.05, 3.63) is 42.2 Å². The molecule has 0 aromatic carbocycles. The molecule has 0 amide bonds. The summed E-state index contributed by atoms with van der Waals surface area (Å²) in [6.07, 6.45) is 13.0. The Labute approximate surface area is 118 Å². The van der Waals surface area contributed by atoms with Gasteiger partial charge in [0.2, 0.25) is 0 Å². The first-order valence-electron chi connectivity index (χ1n) is 7.12. The normalized spacial score (nSPS) is 17.4. The number of aromatic nitrogens is 4. The lowest BCUT2D eigenvalue weighted by Crippen LogP contribution is -2.30. The maximum Gasteiger partial charge on any atom is 0.115 e. The molecule has 0 aliphatic heterocycles. The Balaban J connectivity index is 1.70. The van der Waals surface area contributed by atoms with Crippen LogP contribution in [0.15, 0.2) is 31.0 Å². The highest BCUT2D eigenvalue weighted by atomic mass is 15.3. The average Bonchev–Trinajstić information content (AvgIpc) is 3.16. The zero-order valence-electron chi connectivity index (χ0n) is 11.4. The van der Waals surface area contributed by atoms with Crippen LogP contribution in [-0.4, -0.2) is 19.7 Å². The molecule has 0 radical (unpaired) electrons. The molecule has 0 saturated heterocycles. The second-order valence-corrected chi connectivity index (χ2v) is 5.32. The molecule has 6 heteroatoms. The SMILES string of the molecule is NNC(Cc1ccn(C2CCCC2)n1)c1cncnc1. The molecule has 2 aromatic heterocycles. The molecule has 2 heterocycles. The van der Waals surface area contributed by atoms with E-state index in [1.54, 1.807) is 12.4 Å². The van der Waals surface area contributed by atoms with Crippen molar-refractivity contribution < 1.29 is 0 Å². The lowest BCUT2D eigenvalue weighted by atomic mass is 10.1. The van der Waals surface area contributed by atoms with Gasteiger partial charge in [0.15, 0.2) is 0 Å². The predicted molar refractivity (Wildman–Crippen MR) is 75.5 cm³/mol. The molecule has 0 spiro atoms. The quantitative estimate of drug-likeness (QED) is 0.637. The topological polar surface area (TPSA) is 81.6 Å². The number of nitrogens with one attached hydrogen (secondary N) is 1. The van der Waals surface area contributed by atoms with E-state index in [4.69, 9.17) is 5.84 Å². The molecule has 106 valence electrons. The summed E-state index contributed by atoms with van der Waals surface area (Å²) in [6, 6.07) is 2.64. The first-order valence-corrected chi connectivity index (χ1v) is 7.12. The lowest BCUT2D eigenvalue weighted by Gasteiger charge is -2.14. The van der Waals surface area contributed by atoms with Crippen molar-refractivity contribution >= 4 is 0 Å². The minimum Gasteiger partial charge on any atom is -0.271 e. The van der Waals surface area contributed by atoms with E-state index in [2.05, 4.69) is 37.4 Å². The fraction of sp³-hybridized carbons (Fsp3) is 0.500. The first-order chi connectivity index (χ1) is 9.86. The van der Waals surface area contributed by atoms with Gasteiger partial charge in [-0.15, -0.1) is 0 Å². The summed E-state index contributed by atoms with van der Waals surface area (Å²) in [4.78, 5) is 8.06. The number of hydrogen-bond donors (Lipinski definition) is 2. The monoisotopic (exact) mass is 272 g/mol. The Bertz CT molecular complexity index is 532. The van der Waals surface area contributed by atoms with Gasteiger partial charge in [-0.2, -0.15) is 5.10 Å². The summed E-state index contributed by atoms with van der Waals surface area (Å²) in [7, 11) is 0. The van der Waals surface area contributed by atoms with Crippen molar-refractivity contribution in [3.63, 3.8) is 0 Å². The van der Waals surface area contributed by atoms with Crippen LogP contribution in [0.3, 0.4) is 0 Å². The van der Waals surface area contributed by atoms with Gasteiger partial charge in [0.1, 0.15) is 6.33 Å².